The summed E-state index contributed by atoms with van der Waals surface area (Å²) in [5.41, 5.74) is 3.68. The normalized spacial score (nSPS) is 11.4. The van der Waals surface area contributed by atoms with Gasteiger partial charge in [0.2, 0.25) is 0 Å². The number of anilines is 1. The molecule has 28 heavy (non-hydrogen) atoms. The molecule has 0 unspecified atom stereocenters. The molecule has 0 bridgehead atoms. The standard InChI is InChI=1S/C21H17FN6/c1-27-18-9-5-4-8-16(18)25-21(27)13-23-20-12-17(14-6-2-3-7-15(14)22)26-19-10-11-24-28(19)20/h2-12,23H,13H2,1H3. The highest BCUT2D eigenvalue weighted by molar-refractivity contribution is 5.76. The minimum absolute atomic E-state index is 0.305. The van der Waals surface area contributed by atoms with Crippen LogP contribution >= 0.6 is 0 Å². The molecule has 0 amide bonds. The van der Waals surface area contributed by atoms with Gasteiger partial charge in [0, 0.05) is 24.7 Å². The largest absolute Gasteiger partial charge is 0.363 e. The van der Waals surface area contributed by atoms with Crippen LogP contribution in [-0.4, -0.2) is 24.1 Å². The van der Waals surface area contributed by atoms with Crippen LogP contribution in [0.4, 0.5) is 10.2 Å². The van der Waals surface area contributed by atoms with E-state index in [1.807, 2.05) is 31.3 Å². The van der Waals surface area contributed by atoms with Crippen molar-refractivity contribution in [1.29, 1.82) is 0 Å². The van der Waals surface area contributed by atoms with E-state index in [9.17, 15) is 4.39 Å². The summed E-state index contributed by atoms with van der Waals surface area (Å²) in [5, 5.41) is 7.70. The van der Waals surface area contributed by atoms with Gasteiger partial charge in [0.15, 0.2) is 5.65 Å². The van der Waals surface area contributed by atoms with Crippen molar-refractivity contribution in [1.82, 2.24) is 24.1 Å². The lowest BCUT2D eigenvalue weighted by Crippen LogP contribution is -2.10. The van der Waals surface area contributed by atoms with Gasteiger partial charge in [-0.1, -0.05) is 24.3 Å². The van der Waals surface area contributed by atoms with Crippen molar-refractivity contribution in [3.8, 4) is 11.3 Å². The van der Waals surface area contributed by atoms with Crippen molar-refractivity contribution in [2.75, 3.05) is 5.32 Å². The predicted octanol–water partition coefficient (Wildman–Crippen LogP) is 4.03. The summed E-state index contributed by atoms with van der Waals surface area (Å²) in [4.78, 5) is 9.22. The van der Waals surface area contributed by atoms with Gasteiger partial charge in [0.05, 0.1) is 29.5 Å². The number of rotatable bonds is 4. The molecule has 0 aliphatic rings. The summed E-state index contributed by atoms with van der Waals surface area (Å²) in [6.45, 7) is 0.501. The SMILES string of the molecule is Cn1c(CNc2cc(-c3ccccc3F)nc3ccnn23)nc2ccccc21. The zero-order chi connectivity index (χ0) is 19.1. The van der Waals surface area contributed by atoms with Gasteiger partial charge >= 0.3 is 0 Å². The number of benzene rings is 2. The van der Waals surface area contributed by atoms with Gasteiger partial charge in [-0.3, -0.25) is 0 Å². The predicted molar refractivity (Wildman–Crippen MR) is 106 cm³/mol. The molecule has 138 valence electrons. The number of nitrogens with zero attached hydrogens (tertiary/aromatic N) is 5. The van der Waals surface area contributed by atoms with E-state index < -0.39 is 0 Å². The molecule has 0 spiro atoms. The van der Waals surface area contributed by atoms with Gasteiger partial charge in [0.1, 0.15) is 17.5 Å². The second-order valence-electron chi connectivity index (χ2n) is 6.54. The summed E-state index contributed by atoms with van der Waals surface area (Å²) < 4.78 is 18.0. The van der Waals surface area contributed by atoms with Crippen LogP contribution in [0.3, 0.4) is 0 Å². The molecule has 0 aliphatic heterocycles. The van der Waals surface area contributed by atoms with Crippen molar-refractivity contribution < 1.29 is 4.39 Å². The Kier molecular flexibility index (Phi) is 3.79. The lowest BCUT2D eigenvalue weighted by molar-refractivity contribution is 0.630. The van der Waals surface area contributed by atoms with Gasteiger partial charge in [-0.05, 0) is 24.3 Å². The third-order valence-electron chi connectivity index (χ3n) is 4.82. The monoisotopic (exact) mass is 372 g/mol. The fraction of sp³-hybridized carbons (Fsp3) is 0.0952. The van der Waals surface area contributed by atoms with Crippen LogP contribution in [0.5, 0.6) is 0 Å². The highest BCUT2D eigenvalue weighted by atomic mass is 19.1. The number of hydrogen-bond donors (Lipinski definition) is 1. The van der Waals surface area contributed by atoms with Crippen LogP contribution in [0.1, 0.15) is 5.82 Å². The smallest absolute Gasteiger partial charge is 0.157 e. The van der Waals surface area contributed by atoms with E-state index in [1.165, 1.54) is 6.07 Å². The number of aromatic nitrogens is 5. The molecule has 0 saturated carbocycles. The summed E-state index contributed by atoms with van der Waals surface area (Å²) in [5.74, 6) is 1.31. The van der Waals surface area contributed by atoms with Crippen molar-refractivity contribution in [3.63, 3.8) is 0 Å². The second-order valence-corrected chi connectivity index (χ2v) is 6.54. The van der Waals surface area contributed by atoms with Crippen molar-refractivity contribution in [2.45, 2.75) is 6.54 Å². The molecule has 6 nitrogen and oxygen atoms in total. The lowest BCUT2D eigenvalue weighted by atomic mass is 10.1. The van der Waals surface area contributed by atoms with Crippen LogP contribution in [-0.2, 0) is 13.6 Å². The first-order valence-electron chi connectivity index (χ1n) is 8.94. The van der Waals surface area contributed by atoms with Crippen LogP contribution in [0.25, 0.3) is 27.9 Å². The molecule has 7 heteroatoms. The van der Waals surface area contributed by atoms with Crippen LogP contribution < -0.4 is 5.32 Å². The molecule has 0 radical (unpaired) electrons. The quantitative estimate of drug-likeness (QED) is 0.517. The van der Waals surface area contributed by atoms with Gasteiger partial charge in [-0.2, -0.15) is 9.61 Å². The molecule has 5 rings (SSSR count). The van der Waals surface area contributed by atoms with Crippen LogP contribution in [0.15, 0.2) is 66.9 Å². The maximum atomic E-state index is 14.3. The molecular weight excluding hydrogens is 355 g/mol. The molecule has 0 fully saturated rings. The Morgan fingerprint density at radius 2 is 1.82 bits per heavy atom. The highest BCUT2D eigenvalue weighted by Crippen LogP contribution is 2.25. The van der Waals surface area contributed by atoms with E-state index in [1.54, 1.807) is 41.0 Å². The van der Waals surface area contributed by atoms with E-state index in [0.717, 1.165) is 22.7 Å². The Labute approximate surface area is 160 Å². The van der Waals surface area contributed by atoms with Crippen molar-refractivity contribution in [2.24, 2.45) is 7.05 Å². The highest BCUT2D eigenvalue weighted by Gasteiger charge is 2.12. The first-order chi connectivity index (χ1) is 13.7. The van der Waals surface area contributed by atoms with Gasteiger partial charge < -0.3 is 9.88 Å². The molecular formula is C21H17FN6. The Morgan fingerprint density at radius 3 is 2.68 bits per heavy atom. The van der Waals surface area contributed by atoms with Crippen molar-refractivity contribution >= 4 is 22.5 Å². The van der Waals surface area contributed by atoms with Crippen LogP contribution in [0, 0.1) is 5.82 Å². The number of imidazole rings is 1. The zero-order valence-electron chi connectivity index (χ0n) is 15.2. The maximum Gasteiger partial charge on any atom is 0.157 e. The summed E-state index contributed by atoms with van der Waals surface area (Å²) >= 11 is 0. The topological polar surface area (TPSA) is 60.0 Å². The first kappa shape index (κ1) is 16.4. The molecule has 0 atom stereocenters. The summed E-state index contributed by atoms with van der Waals surface area (Å²) in [6, 6.07) is 18.2. The van der Waals surface area contributed by atoms with E-state index >= 15 is 0 Å². The summed E-state index contributed by atoms with van der Waals surface area (Å²) in [7, 11) is 1.99. The van der Waals surface area contributed by atoms with Crippen molar-refractivity contribution in [3.05, 3.63) is 78.5 Å². The number of hydrogen-bond acceptors (Lipinski definition) is 4. The Hall–Kier alpha value is -3.74. The minimum atomic E-state index is -0.305. The minimum Gasteiger partial charge on any atom is -0.363 e. The second kappa shape index (κ2) is 6.45. The van der Waals surface area contributed by atoms with Crippen LogP contribution in [0.2, 0.25) is 0 Å². The molecule has 5 aromatic rings. The number of para-hydroxylation sites is 2. The maximum absolute atomic E-state index is 14.3. The van der Waals surface area contributed by atoms with Gasteiger partial charge in [-0.25, -0.2) is 14.4 Å². The van der Waals surface area contributed by atoms with E-state index in [2.05, 4.69) is 25.0 Å². The van der Waals surface area contributed by atoms with Gasteiger partial charge in [-0.15, -0.1) is 0 Å². The third-order valence-corrected chi connectivity index (χ3v) is 4.82. The Bertz CT molecular complexity index is 1300. The zero-order valence-corrected chi connectivity index (χ0v) is 15.2. The lowest BCUT2D eigenvalue weighted by Gasteiger charge is -2.11. The number of halogens is 1. The molecule has 3 aromatic heterocycles. The molecule has 0 saturated heterocycles. The van der Waals surface area contributed by atoms with E-state index in [4.69, 9.17) is 0 Å². The van der Waals surface area contributed by atoms with E-state index in [0.29, 0.717) is 23.4 Å². The fourth-order valence-electron chi connectivity index (χ4n) is 3.37. The number of nitrogens with one attached hydrogen (secondary N) is 1. The average molecular weight is 372 g/mol. The number of aryl methyl sites for hydroxylation is 1. The molecule has 1 N–H and O–H groups in total. The Morgan fingerprint density at radius 1 is 1.00 bits per heavy atom. The first-order valence-corrected chi connectivity index (χ1v) is 8.94. The molecule has 2 aromatic carbocycles. The van der Waals surface area contributed by atoms with E-state index in [-0.39, 0.29) is 5.82 Å². The number of fused-ring (bicyclic) bond motifs is 2. The average Bonchev–Trinajstić information content (AvgIpc) is 3.31. The third kappa shape index (κ3) is 2.68. The Balaban J connectivity index is 1.54. The molecule has 0 aliphatic carbocycles. The molecule has 3 heterocycles. The fourth-order valence-corrected chi connectivity index (χ4v) is 3.37. The van der Waals surface area contributed by atoms with Gasteiger partial charge in [0.25, 0.3) is 0 Å². The summed E-state index contributed by atoms with van der Waals surface area (Å²) in [6.07, 6.45) is 1.67.